The Hall–Kier alpha value is -3.07. The number of aromatic nitrogens is 3. The number of ether oxygens (including phenoxy) is 1. The van der Waals surface area contributed by atoms with Gasteiger partial charge >= 0.3 is 5.97 Å². The zero-order valence-corrected chi connectivity index (χ0v) is 22.5. The van der Waals surface area contributed by atoms with Gasteiger partial charge in [-0.15, -0.1) is 0 Å². The van der Waals surface area contributed by atoms with Gasteiger partial charge in [0.2, 0.25) is 0 Å². The van der Waals surface area contributed by atoms with Crippen LogP contribution in [0.25, 0.3) is 11.0 Å². The van der Waals surface area contributed by atoms with Crippen molar-refractivity contribution in [1.82, 2.24) is 20.0 Å². The number of Topliss-reactive ketones (excluding diaryl/α,β-unsaturated/α-hetero) is 1. The van der Waals surface area contributed by atoms with Crippen LogP contribution in [0, 0.1) is 17.7 Å². The van der Waals surface area contributed by atoms with Crippen LogP contribution in [-0.4, -0.2) is 51.5 Å². The van der Waals surface area contributed by atoms with Gasteiger partial charge in [-0.1, -0.05) is 37.9 Å². The Labute approximate surface area is 222 Å². The average molecular weight is 525 g/mol. The SMILES string of the molecule is CCc1nocc1C(=O)C[C@H](c1nc2c(F)c(CN3CCC[C@@H]3C(=O)OC)ccc2[nH]1)C1CCC(C)CC1. The molecule has 0 unspecified atom stereocenters. The summed E-state index contributed by atoms with van der Waals surface area (Å²) < 4.78 is 25.8. The molecule has 38 heavy (non-hydrogen) atoms. The lowest BCUT2D eigenvalue weighted by atomic mass is 9.74. The van der Waals surface area contributed by atoms with Gasteiger partial charge in [-0.05, 0) is 56.6 Å². The monoisotopic (exact) mass is 524 g/mol. The smallest absolute Gasteiger partial charge is 0.323 e. The summed E-state index contributed by atoms with van der Waals surface area (Å²) in [5.41, 5.74) is 2.60. The summed E-state index contributed by atoms with van der Waals surface area (Å²) in [6, 6.07) is 3.27. The third-order valence-electron chi connectivity index (χ3n) is 8.57. The molecule has 3 aromatic rings. The molecule has 204 valence electrons. The lowest BCUT2D eigenvalue weighted by molar-refractivity contribution is -0.146. The molecule has 0 amide bonds. The summed E-state index contributed by atoms with van der Waals surface area (Å²) in [4.78, 5) is 35.6. The number of likely N-dealkylation sites (tertiary alicyclic amines) is 1. The van der Waals surface area contributed by atoms with E-state index in [1.807, 2.05) is 17.9 Å². The molecular formula is C29H37FN4O4. The van der Waals surface area contributed by atoms with Crippen LogP contribution < -0.4 is 0 Å². The number of methoxy groups -OCH3 is 1. The summed E-state index contributed by atoms with van der Waals surface area (Å²) in [5.74, 6) is 0.793. The van der Waals surface area contributed by atoms with E-state index in [0.717, 1.165) is 38.6 Å². The van der Waals surface area contributed by atoms with E-state index in [4.69, 9.17) is 14.2 Å². The number of esters is 1. The van der Waals surface area contributed by atoms with E-state index in [1.165, 1.54) is 13.4 Å². The fourth-order valence-corrected chi connectivity index (χ4v) is 6.26. The van der Waals surface area contributed by atoms with Gasteiger partial charge in [-0.25, -0.2) is 9.37 Å². The molecule has 2 aromatic heterocycles. The zero-order valence-electron chi connectivity index (χ0n) is 22.5. The molecule has 1 aliphatic carbocycles. The van der Waals surface area contributed by atoms with E-state index in [2.05, 4.69) is 17.1 Å². The Morgan fingerprint density at radius 3 is 2.76 bits per heavy atom. The number of H-pyrrole nitrogens is 1. The van der Waals surface area contributed by atoms with Crippen LogP contribution in [0.2, 0.25) is 0 Å². The van der Waals surface area contributed by atoms with Crippen molar-refractivity contribution in [2.24, 2.45) is 11.8 Å². The van der Waals surface area contributed by atoms with Gasteiger partial charge in [0.05, 0.1) is 23.9 Å². The lowest BCUT2D eigenvalue weighted by Crippen LogP contribution is -2.36. The van der Waals surface area contributed by atoms with E-state index in [0.29, 0.717) is 53.5 Å². The maximum Gasteiger partial charge on any atom is 0.323 e. The number of carbonyl (C=O) groups excluding carboxylic acids is 2. The van der Waals surface area contributed by atoms with Crippen LogP contribution in [0.1, 0.15) is 92.2 Å². The Bertz CT molecular complexity index is 1290. The molecule has 1 aliphatic heterocycles. The maximum atomic E-state index is 15.8. The highest BCUT2D eigenvalue weighted by Crippen LogP contribution is 2.40. The summed E-state index contributed by atoms with van der Waals surface area (Å²) in [5, 5.41) is 3.98. The zero-order chi connectivity index (χ0) is 26.8. The predicted molar refractivity (Wildman–Crippen MR) is 140 cm³/mol. The molecule has 1 saturated carbocycles. The quantitative estimate of drug-likeness (QED) is 0.288. The van der Waals surface area contributed by atoms with Gasteiger partial charge in [0.15, 0.2) is 11.6 Å². The van der Waals surface area contributed by atoms with Gasteiger partial charge in [0, 0.05) is 24.4 Å². The Balaban J connectivity index is 1.43. The first-order valence-electron chi connectivity index (χ1n) is 13.8. The fourth-order valence-electron chi connectivity index (χ4n) is 6.26. The second kappa shape index (κ2) is 11.4. The number of halogens is 1. The minimum Gasteiger partial charge on any atom is -0.468 e. The van der Waals surface area contributed by atoms with E-state index in [9.17, 15) is 9.59 Å². The van der Waals surface area contributed by atoms with Gasteiger partial charge < -0.3 is 14.2 Å². The van der Waals surface area contributed by atoms with Crippen molar-refractivity contribution < 1.29 is 23.2 Å². The fraction of sp³-hybridized carbons (Fsp3) is 0.586. The van der Waals surface area contributed by atoms with Crippen LogP contribution in [0.3, 0.4) is 0 Å². The first kappa shape index (κ1) is 26.5. The minimum atomic E-state index is -0.379. The van der Waals surface area contributed by atoms with E-state index < -0.39 is 0 Å². The number of aromatic amines is 1. The highest BCUT2D eigenvalue weighted by atomic mass is 19.1. The highest BCUT2D eigenvalue weighted by Gasteiger charge is 2.34. The number of rotatable bonds is 9. The molecule has 2 atom stereocenters. The maximum absolute atomic E-state index is 15.8. The van der Waals surface area contributed by atoms with Crippen LogP contribution in [0.5, 0.6) is 0 Å². The first-order valence-corrected chi connectivity index (χ1v) is 13.8. The van der Waals surface area contributed by atoms with Crippen molar-refractivity contribution in [2.45, 2.75) is 83.7 Å². The van der Waals surface area contributed by atoms with Gasteiger partial charge in [-0.3, -0.25) is 14.5 Å². The second-order valence-corrected chi connectivity index (χ2v) is 11.0. The number of ketones is 1. The Morgan fingerprint density at radius 2 is 2.03 bits per heavy atom. The van der Waals surface area contributed by atoms with Gasteiger partial charge in [0.25, 0.3) is 0 Å². The van der Waals surface area contributed by atoms with Crippen molar-refractivity contribution in [3.63, 3.8) is 0 Å². The highest BCUT2D eigenvalue weighted by molar-refractivity contribution is 5.97. The topological polar surface area (TPSA) is 101 Å². The lowest BCUT2D eigenvalue weighted by Gasteiger charge is -2.31. The molecule has 1 saturated heterocycles. The number of nitrogens with zero attached hydrogens (tertiary/aromatic N) is 3. The Morgan fingerprint density at radius 1 is 1.24 bits per heavy atom. The Kier molecular flexibility index (Phi) is 7.93. The number of benzene rings is 1. The van der Waals surface area contributed by atoms with Crippen LogP contribution in [0.4, 0.5) is 4.39 Å². The molecule has 5 rings (SSSR count). The minimum absolute atomic E-state index is 0.0174. The summed E-state index contributed by atoms with van der Waals surface area (Å²) in [7, 11) is 1.39. The number of fused-ring (bicyclic) bond motifs is 1. The van der Waals surface area contributed by atoms with Gasteiger partial charge in [-0.2, -0.15) is 0 Å². The molecule has 8 nitrogen and oxygen atoms in total. The molecule has 0 bridgehead atoms. The van der Waals surface area contributed by atoms with Crippen molar-refractivity contribution in [1.29, 1.82) is 0 Å². The summed E-state index contributed by atoms with van der Waals surface area (Å²) in [6.07, 6.45) is 8.16. The van der Waals surface area contributed by atoms with Crippen LogP contribution in [-0.2, 0) is 22.5 Å². The molecular weight excluding hydrogens is 487 g/mol. The number of hydrogen-bond donors (Lipinski definition) is 1. The van der Waals surface area contributed by atoms with E-state index >= 15 is 4.39 Å². The molecule has 1 N–H and O–H groups in total. The molecule has 0 spiro atoms. The molecule has 1 aromatic carbocycles. The molecule has 2 fully saturated rings. The van der Waals surface area contributed by atoms with Crippen molar-refractivity contribution in [3.8, 4) is 0 Å². The third kappa shape index (κ3) is 5.25. The molecule has 2 aliphatic rings. The van der Waals surface area contributed by atoms with E-state index in [-0.39, 0.29) is 47.4 Å². The van der Waals surface area contributed by atoms with E-state index in [1.54, 1.807) is 6.07 Å². The third-order valence-corrected chi connectivity index (χ3v) is 8.57. The normalized spacial score (nSPS) is 23.1. The number of hydrogen-bond acceptors (Lipinski definition) is 7. The summed E-state index contributed by atoms with van der Waals surface area (Å²) >= 11 is 0. The summed E-state index contributed by atoms with van der Waals surface area (Å²) in [6.45, 7) is 5.25. The molecule has 9 heteroatoms. The second-order valence-electron chi connectivity index (χ2n) is 11.0. The first-order chi connectivity index (χ1) is 18.4. The predicted octanol–water partition coefficient (Wildman–Crippen LogP) is 5.57. The van der Waals surface area contributed by atoms with Crippen molar-refractivity contribution >= 4 is 22.8 Å². The number of aryl methyl sites for hydroxylation is 1. The largest absolute Gasteiger partial charge is 0.468 e. The standard InChI is InChI=1S/C29H37FN4O4/c1-4-22-21(16-38-33-22)25(35)14-20(18-9-7-17(2)8-10-18)28-31-23-12-11-19(26(30)27(23)32-28)15-34-13-5-6-24(34)29(36)37-3/h11-12,16-18,20,24H,4-10,13-15H2,1-3H3,(H,31,32)/t17?,18?,20-,24+/m0/s1. The van der Waals surface area contributed by atoms with Crippen molar-refractivity contribution in [2.75, 3.05) is 13.7 Å². The number of imidazole rings is 1. The van der Waals surface area contributed by atoms with Gasteiger partial charge in [0.1, 0.15) is 23.6 Å². The van der Waals surface area contributed by atoms with Crippen LogP contribution in [0.15, 0.2) is 22.9 Å². The van der Waals surface area contributed by atoms with Crippen LogP contribution >= 0.6 is 0 Å². The van der Waals surface area contributed by atoms with Crippen molar-refractivity contribution in [3.05, 3.63) is 46.9 Å². The number of carbonyl (C=O) groups is 2. The average Bonchev–Trinajstić information content (AvgIpc) is 3.68. The number of nitrogens with one attached hydrogen (secondary N) is 1. The molecule has 3 heterocycles. The molecule has 0 radical (unpaired) electrons.